The number of carbonyl (C=O) groups excluding carboxylic acids is 1. The fourth-order valence-electron chi connectivity index (χ4n) is 0.905. The Morgan fingerprint density at radius 1 is 1.69 bits per heavy atom. The molecule has 0 aromatic heterocycles. The lowest BCUT2D eigenvalue weighted by atomic mass is 10.4. The van der Waals surface area contributed by atoms with E-state index in [0.717, 1.165) is 5.75 Å². The summed E-state index contributed by atoms with van der Waals surface area (Å²) in [6.45, 7) is 6.59. The van der Waals surface area contributed by atoms with Crippen molar-refractivity contribution in [3.8, 4) is 0 Å². The molecule has 4 heteroatoms. The van der Waals surface area contributed by atoms with Crippen molar-refractivity contribution >= 4 is 17.7 Å². The second kappa shape index (κ2) is 8.13. The summed E-state index contributed by atoms with van der Waals surface area (Å²) in [6, 6.07) is 0.244. The van der Waals surface area contributed by atoms with Crippen molar-refractivity contribution in [1.82, 2.24) is 10.6 Å². The Hall–Kier alpha value is -0.480. The number of carbonyl (C=O) groups is 1. The predicted octanol–water partition coefficient (Wildman–Crippen LogP) is 0.630. The molecule has 0 saturated carbocycles. The van der Waals surface area contributed by atoms with E-state index in [2.05, 4.69) is 17.2 Å². The third-order valence-electron chi connectivity index (χ3n) is 1.40. The van der Waals surface area contributed by atoms with Crippen LogP contribution in [0.3, 0.4) is 0 Å². The zero-order chi connectivity index (χ0) is 10.1. The quantitative estimate of drug-likeness (QED) is 0.470. The molecule has 2 N–H and O–H groups in total. The van der Waals surface area contributed by atoms with Gasteiger partial charge in [0.2, 0.25) is 5.91 Å². The highest BCUT2D eigenvalue weighted by atomic mass is 32.2. The van der Waals surface area contributed by atoms with Gasteiger partial charge in [0.15, 0.2) is 0 Å². The Morgan fingerprint density at radius 2 is 2.38 bits per heavy atom. The van der Waals surface area contributed by atoms with E-state index in [9.17, 15) is 4.79 Å². The minimum absolute atomic E-state index is 0.0448. The molecular weight excluding hydrogens is 184 g/mol. The largest absolute Gasteiger partial charge is 0.352 e. The molecule has 0 rings (SSSR count). The third kappa shape index (κ3) is 7.87. The maximum absolute atomic E-state index is 11.2. The van der Waals surface area contributed by atoms with Gasteiger partial charge in [-0.15, -0.1) is 6.58 Å². The maximum Gasteiger partial charge on any atom is 0.234 e. The summed E-state index contributed by atoms with van der Waals surface area (Å²) in [4.78, 5) is 11.2. The molecule has 0 heterocycles. The van der Waals surface area contributed by atoms with E-state index in [1.807, 2.05) is 13.2 Å². The fourth-order valence-corrected chi connectivity index (χ4v) is 1.49. The smallest absolute Gasteiger partial charge is 0.234 e. The van der Waals surface area contributed by atoms with Gasteiger partial charge in [-0.2, -0.15) is 11.8 Å². The number of hydrogen-bond donors (Lipinski definition) is 2. The van der Waals surface area contributed by atoms with Gasteiger partial charge < -0.3 is 10.6 Å². The normalized spacial score (nSPS) is 12.2. The molecule has 1 amide bonds. The molecule has 0 saturated heterocycles. The number of amides is 1. The van der Waals surface area contributed by atoms with E-state index in [0.29, 0.717) is 13.1 Å². The third-order valence-corrected chi connectivity index (χ3v) is 2.23. The summed E-state index contributed by atoms with van der Waals surface area (Å²) in [5, 5.41) is 5.83. The second-order valence-electron chi connectivity index (χ2n) is 2.84. The lowest BCUT2D eigenvalue weighted by Crippen LogP contribution is -2.40. The standard InChI is InChI=1S/C9H18N2OS/c1-4-5-10-6-9(12)11-8(2)7-13-3/h4,8,10H,1,5-7H2,2-3H3,(H,11,12). The van der Waals surface area contributed by atoms with Crippen LogP contribution in [0.5, 0.6) is 0 Å². The van der Waals surface area contributed by atoms with Gasteiger partial charge in [-0.1, -0.05) is 6.08 Å². The zero-order valence-corrected chi connectivity index (χ0v) is 9.12. The molecular formula is C9H18N2OS. The summed E-state index contributed by atoms with van der Waals surface area (Å²) in [5.74, 6) is 0.996. The molecule has 0 radical (unpaired) electrons. The molecule has 0 aromatic rings. The summed E-state index contributed by atoms with van der Waals surface area (Å²) in [6.07, 6.45) is 3.76. The molecule has 0 aromatic carbocycles. The summed E-state index contributed by atoms with van der Waals surface area (Å²) in [7, 11) is 0. The van der Waals surface area contributed by atoms with Crippen LogP contribution in [-0.4, -0.2) is 37.0 Å². The fraction of sp³-hybridized carbons (Fsp3) is 0.667. The molecule has 0 fully saturated rings. The van der Waals surface area contributed by atoms with Crippen molar-refractivity contribution < 1.29 is 4.79 Å². The Balaban J connectivity index is 3.43. The molecule has 76 valence electrons. The van der Waals surface area contributed by atoms with Crippen molar-refractivity contribution in [3.63, 3.8) is 0 Å². The van der Waals surface area contributed by atoms with Gasteiger partial charge in [-0.25, -0.2) is 0 Å². The van der Waals surface area contributed by atoms with Crippen LogP contribution in [0, 0.1) is 0 Å². The second-order valence-corrected chi connectivity index (χ2v) is 3.75. The van der Waals surface area contributed by atoms with E-state index in [4.69, 9.17) is 0 Å². The van der Waals surface area contributed by atoms with Crippen LogP contribution in [0.2, 0.25) is 0 Å². The Labute approximate surface area is 84.4 Å². The SMILES string of the molecule is C=CCNCC(=O)NC(C)CSC. The van der Waals surface area contributed by atoms with E-state index < -0.39 is 0 Å². The first kappa shape index (κ1) is 12.5. The molecule has 0 aliphatic carbocycles. The lowest BCUT2D eigenvalue weighted by molar-refractivity contribution is -0.120. The van der Waals surface area contributed by atoms with E-state index >= 15 is 0 Å². The number of rotatable bonds is 7. The highest BCUT2D eigenvalue weighted by Crippen LogP contribution is 1.95. The van der Waals surface area contributed by atoms with E-state index in [1.165, 1.54) is 0 Å². The minimum Gasteiger partial charge on any atom is -0.352 e. The first-order valence-electron chi connectivity index (χ1n) is 4.30. The average Bonchev–Trinajstić information content (AvgIpc) is 2.05. The first-order chi connectivity index (χ1) is 6.20. The van der Waals surface area contributed by atoms with Gasteiger partial charge in [0.25, 0.3) is 0 Å². The average molecular weight is 202 g/mol. The summed E-state index contributed by atoms with van der Waals surface area (Å²) >= 11 is 1.73. The molecule has 0 spiro atoms. The zero-order valence-electron chi connectivity index (χ0n) is 8.30. The summed E-state index contributed by atoms with van der Waals surface area (Å²) in [5.41, 5.74) is 0. The molecule has 13 heavy (non-hydrogen) atoms. The van der Waals surface area contributed by atoms with Crippen molar-refractivity contribution in [2.75, 3.05) is 25.1 Å². The maximum atomic E-state index is 11.2. The van der Waals surface area contributed by atoms with Crippen LogP contribution in [0.4, 0.5) is 0 Å². The van der Waals surface area contributed by atoms with Crippen LogP contribution in [-0.2, 0) is 4.79 Å². The highest BCUT2D eigenvalue weighted by Gasteiger charge is 2.04. The van der Waals surface area contributed by atoms with Crippen LogP contribution in [0.1, 0.15) is 6.92 Å². The monoisotopic (exact) mass is 202 g/mol. The van der Waals surface area contributed by atoms with Gasteiger partial charge in [-0.05, 0) is 13.2 Å². The van der Waals surface area contributed by atoms with Crippen LogP contribution in [0.15, 0.2) is 12.7 Å². The molecule has 1 unspecified atom stereocenters. The first-order valence-corrected chi connectivity index (χ1v) is 5.70. The lowest BCUT2D eigenvalue weighted by Gasteiger charge is -2.12. The molecule has 0 aliphatic heterocycles. The molecule has 3 nitrogen and oxygen atoms in total. The van der Waals surface area contributed by atoms with E-state index in [-0.39, 0.29) is 11.9 Å². The van der Waals surface area contributed by atoms with Crippen LogP contribution >= 0.6 is 11.8 Å². The summed E-state index contributed by atoms with van der Waals surface area (Å²) < 4.78 is 0. The van der Waals surface area contributed by atoms with Gasteiger partial charge >= 0.3 is 0 Å². The van der Waals surface area contributed by atoms with Gasteiger partial charge in [0.1, 0.15) is 0 Å². The molecule has 0 bridgehead atoms. The highest BCUT2D eigenvalue weighted by molar-refractivity contribution is 7.98. The molecule has 1 atom stereocenters. The van der Waals surface area contributed by atoms with Gasteiger partial charge in [-0.3, -0.25) is 4.79 Å². The Bertz CT molecular complexity index is 162. The number of nitrogens with one attached hydrogen (secondary N) is 2. The Morgan fingerprint density at radius 3 is 2.92 bits per heavy atom. The van der Waals surface area contributed by atoms with Gasteiger partial charge in [0, 0.05) is 18.3 Å². The van der Waals surface area contributed by atoms with Crippen molar-refractivity contribution in [2.45, 2.75) is 13.0 Å². The minimum atomic E-state index is 0.0448. The van der Waals surface area contributed by atoms with Crippen molar-refractivity contribution in [2.24, 2.45) is 0 Å². The predicted molar refractivity (Wildman–Crippen MR) is 59.1 cm³/mol. The van der Waals surface area contributed by atoms with Crippen molar-refractivity contribution in [1.29, 1.82) is 0 Å². The van der Waals surface area contributed by atoms with Gasteiger partial charge in [0.05, 0.1) is 6.54 Å². The van der Waals surface area contributed by atoms with Crippen LogP contribution < -0.4 is 10.6 Å². The van der Waals surface area contributed by atoms with E-state index in [1.54, 1.807) is 17.8 Å². The Kier molecular flexibility index (Phi) is 7.83. The number of thioether (sulfide) groups is 1. The number of hydrogen-bond acceptors (Lipinski definition) is 3. The topological polar surface area (TPSA) is 41.1 Å². The van der Waals surface area contributed by atoms with Crippen LogP contribution in [0.25, 0.3) is 0 Å². The van der Waals surface area contributed by atoms with Crippen molar-refractivity contribution in [3.05, 3.63) is 12.7 Å². The molecule has 0 aliphatic rings.